The molecule has 110 valence electrons. The number of aryl methyl sites for hydroxylation is 1. The number of rotatable bonds is 4. The number of carbonyl (C=O) groups is 1. The third kappa shape index (κ3) is 3.38. The zero-order chi connectivity index (χ0) is 15.4. The summed E-state index contributed by atoms with van der Waals surface area (Å²) in [6.07, 6.45) is 5.34. The number of pyridine rings is 1. The summed E-state index contributed by atoms with van der Waals surface area (Å²) in [4.78, 5) is 16.1. The Bertz CT molecular complexity index is 763. The number of nitrogens with zero attached hydrogens (tertiary/aromatic N) is 3. The molecule has 0 fully saturated rings. The Morgan fingerprint density at radius 2 is 1.82 bits per heavy atom. The first-order valence-electron chi connectivity index (χ1n) is 7.01. The fourth-order valence-corrected chi connectivity index (χ4v) is 2.09. The first kappa shape index (κ1) is 14.0. The lowest BCUT2D eigenvalue weighted by Crippen LogP contribution is -2.12. The molecule has 0 bridgehead atoms. The minimum Gasteiger partial charge on any atom is -0.305 e. The van der Waals surface area contributed by atoms with Crippen LogP contribution in [0.15, 0.2) is 61.1 Å². The van der Waals surface area contributed by atoms with Gasteiger partial charge in [0.05, 0.1) is 6.54 Å². The van der Waals surface area contributed by atoms with E-state index in [-0.39, 0.29) is 5.91 Å². The molecule has 0 spiro atoms. The molecule has 0 radical (unpaired) electrons. The fourth-order valence-electron chi connectivity index (χ4n) is 2.09. The summed E-state index contributed by atoms with van der Waals surface area (Å²) >= 11 is 0. The van der Waals surface area contributed by atoms with Crippen molar-refractivity contribution in [3.63, 3.8) is 0 Å². The van der Waals surface area contributed by atoms with Gasteiger partial charge in [-0.3, -0.25) is 14.5 Å². The molecule has 1 aromatic carbocycles. The molecule has 2 aromatic heterocycles. The maximum absolute atomic E-state index is 12.1. The van der Waals surface area contributed by atoms with Crippen molar-refractivity contribution in [1.82, 2.24) is 14.8 Å². The molecule has 5 nitrogen and oxygen atoms in total. The number of hydrogen-bond donors (Lipinski definition) is 1. The molecule has 0 unspecified atom stereocenters. The zero-order valence-corrected chi connectivity index (χ0v) is 12.2. The maximum Gasteiger partial charge on any atom is 0.256 e. The van der Waals surface area contributed by atoms with Crippen LogP contribution >= 0.6 is 0 Å². The first-order chi connectivity index (χ1) is 10.7. The smallest absolute Gasteiger partial charge is 0.256 e. The lowest BCUT2D eigenvalue weighted by Gasteiger charge is -2.03. The molecule has 22 heavy (non-hydrogen) atoms. The molecule has 0 aliphatic heterocycles. The predicted octanol–water partition coefficient (Wildman–Crippen LogP) is 2.89. The average Bonchev–Trinajstić information content (AvgIpc) is 2.96. The monoisotopic (exact) mass is 292 g/mol. The van der Waals surface area contributed by atoms with Crippen LogP contribution in [-0.2, 0) is 6.54 Å². The van der Waals surface area contributed by atoms with Crippen LogP contribution < -0.4 is 5.32 Å². The van der Waals surface area contributed by atoms with Crippen molar-refractivity contribution in [1.29, 1.82) is 0 Å². The molecule has 0 aliphatic carbocycles. The van der Waals surface area contributed by atoms with Gasteiger partial charge >= 0.3 is 0 Å². The van der Waals surface area contributed by atoms with Gasteiger partial charge in [0.15, 0.2) is 5.82 Å². The minimum absolute atomic E-state index is 0.158. The van der Waals surface area contributed by atoms with Crippen LogP contribution in [0.5, 0.6) is 0 Å². The fraction of sp³-hybridized carbons (Fsp3) is 0.118. The van der Waals surface area contributed by atoms with Crippen molar-refractivity contribution in [3.8, 4) is 0 Å². The van der Waals surface area contributed by atoms with Gasteiger partial charge in [-0.25, -0.2) is 0 Å². The van der Waals surface area contributed by atoms with E-state index in [4.69, 9.17) is 0 Å². The van der Waals surface area contributed by atoms with Crippen LogP contribution in [0, 0.1) is 6.92 Å². The van der Waals surface area contributed by atoms with E-state index < -0.39 is 0 Å². The van der Waals surface area contributed by atoms with Gasteiger partial charge in [-0.1, -0.05) is 17.7 Å². The highest BCUT2D eigenvalue weighted by Gasteiger charge is 2.07. The van der Waals surface area contributed by atoms with Gasteiger partial charge in [-0.2, -0.15) is 5.10 Å². The molecule has 5 heteroatoms. The van der Waals surface area contributed by atoms with Crippen LogP contribution in [0.3, 0.4) is 0 Å². The lowest BCUT2D eigenvalue weighted by molar-refractivity contribution is 0.102. The molecule has 0 saturated carbocycles. The number of benzene rings is 1. The Hall–Kier alpha value is -2.95. The predicted molar refractivity (Wildman–Crippen MR) is 84.7 cm³/mol. The highest BCUT2D eigenvalue weighted by Crippen LogP contribution is 2.09. The molecule has 1 N–H and O–H groups in total. The van der Waals surface area contributed by atoms with Crippen molar-refractivity contribution >= 4 is 11.7 Å². The van der Waals surface area contributed by atoms with E-state index in [2.05, 4.69) is 15.4 Å². The Morgan fingerprint density at radius 3 is 2.55 bits per heavy atom. The molecule has 3 rings (SSSR count). The van der Waals surface area contributed by atoms with Crippen LogP contribution in [0.2, 0.25) is 0 Å². The van der Waals surface area contributed by atoms with E-state index in [0.717, 1.165) is 11.1 Å². The van der Waals surface area contributed by atoms with E-state index in [1.54, 1.807) is 35.3 Å². The van der Waals surface area contributed by atoms with Gasteiger partial charge < -0.3 is 5.32 Å². The molecule has 0 atom stereocenters. The number of amides is 1. The van der Waals surface area contributed by atoms with Gasteiger partial charge in [-0.05, 0) is 36.8 Å². The average molecular weight is 292 g/mol. The quantitative estimate of drug-likeness (QED) is 0.804. The number of nitrogens with one attached hydrogen (secondary N) is 1. The van der Waals surface area contributed by atoms with E-state index in [1.165, 1.54) is 0 Å². The second kappa shape index (κ2) is 6.22. The Balaban J connectivity index is 1.66. The largest absolute Gasteiger partial charge is 0.305 e. The third-order valence-electron chi connectivity index (χ3n) is 3.29. The summed E-state index contributed by atoms with van der Waals surface area (Å²) in [5, 5.41) is 7.15. The lowest BCUT2D eigenvalue weighted by atomic mass is 10.1. The van der Waals surface area contributed by atoms with Gasteiger partial charge in [-0.15, -0.1) is 0 Å². The first-order valence-corrected chi connectivity index (χ1v) is 7.01. The second-order valence-corrected chi connectivity index (χ2v) is 5.07. The van der Waals surface area contributed by atoms with Crippen molar-refractivity contribution < 1.29 is 4.79 Å². The van der Waals surface area contributed by atoms with Crippen molar-refractivity contribution in [2.24, 2.45) is 0 Å². The van der Waals surface area contributed by atoms with Crippen LogP contribution in [0.4, 0.5) is 5.82 Å². The van der Waals surface area contributed by atoms with Crippen LogP contribution in [0.1, 0.15) is 21.5 Å². The van der Waals surface area contributed by atoms with Crippen molar-refractivity contribution in [2.75, 3.05) is 5.32 Å². The molecule has 1 amide bonds. The molecule has 0 saturated heterocycles. The minimum atomic E-state index is -0.158. The van der Waals surface area contributed by atoms with Gasteiger partial charge in [0.1, 0.15) is 0 Å². The number of aromatic nitrogens is 3. The highest BCUT2D eigenvalue weighted by atomic mass is 16.1. The summed E-state index contributed by atoms with van der Waals surface area (Å²) < 4.78 is 1.78. The van der Waals surface area contributed by atoms with E-state index in [9.17, 15) is 4.79 Å². The summed E-state index contributed by atoms with van der Waals surface area (Å²) in [7, 11) is 0. The SMILES string of the molecule is Cc1ccc(C(=O)Nc2ccn(Cc3ccncc3)n2)cc1. The van der Waals surface area contributed by atoms with Crippen molar-refractivity contribution in [3.05, 3.63) is 77.7 Å². The maximum atomic E-state index is 12.1. The summed E-state index contributed by atoms with van der Waals surface area (Å²) in [6, 6.07) is 13.1. The van der Waals surface area contributed by atoms with Gasteiger partial charge in [0, 0.05) is 30.2 Å². The third-order valence-corrected chi connectivity index (χ3v) is 3.29. The Morgan fingerprint density at radius 1 is 1.09 bits per heavy atom. The second-order valence-electron chi connectivity index (χ2n) is 5.07. The van der Waals surface area contributed by atoms with Crippen molar-refractivity contribution in [2.45, 2.75) is 13.5 Å². The van der Waals surface area contributed by atoms with Crippen LogP contribution in [0.25, 0.3) is 0 Å². The van der Waals surface area contributed by atoms with E-state index in [0.29, 0.717) is 17.9 Å². The summed E-state index contributed by atoms with van der Waals surface area (Å²) in [5.41, 5.74) is 2.85. The van der Waals surface area contributed by atoms with E-state index in [1.807, 2.05) is 37.4 Å². The van der Waals surface area contributed by atoms with E-state index >= 15 is 0 Å². The number of hydrogen-bond acceptors (Lipinski definition) is 3. The molecule has 0 aliphatic rings. The van der Waals surface area contributed by atoms with Gasteiger partial charge in [0.25, 0.3) is 5.91 Å². The standard InChI is InChI=1S/C17H16N4O/c1-13-2-4-15(5-3-13)17(22)19-16-8-11-21(20-16)12-14-6-9-18-10-7-14/h2-11H,12H2,1H3,(H,19,20,22). The highest BCUT2D eigenvalue weighted by molar-refractivity contribution is 6.03. The topological polar surface area (TPSA) is 59.8 Å². The summed E-state index contributed by atoms with van der Waals surface area (Å²) in [5.74, 6) is 0.383. The summed E-state index contributed by atoms with van der Waals surface area (Å²) in [6.45, 7) is 2.63. The Labute approximate surface area is 128 Å². The molecule has 3 aromatic rings. The number of carbonyl (C=O) groups excluding carboxylic acids is 1. The Kier molecular flexibility index (Phi) is 3.96. The van der Waals surface area contributed by atoms with Gasteiger partial charge in [0.2, 0.25) is 0 Å². The molecular weight excluding hydrogens is 276 g/mol. The van der Waals surface area contributed by atoms with Crippen LogP contribution in [-0.4, -0.2) is 20.7 Å². The zero-order valence-electron chi connectivity index (χ0n) is 12.2. The number of anilines is 1. The normalized spacial score (nSPS) is 10.4. The molecular formula is C17H16N4O. The molecule has 2 heterocycles.